The molecule has 1 aliphatic carbocycles. The fourth-order valence-electron chi connectivity index (χ4n) is 1.96. The number of aryl methyl sites for hydroxylation is 1. The van der Waals surface area contributed by atoms with Crippen LogP contribution in [0.3, 0.4) is 0 Å². The van der Waals surface area contributed by atoms with Crippen molar-refractivity contribution >= 4 is 11.6 Å². The molecule has 3 rings (SSSR count). The lowest BCUT2D eigenvalue weighted by Crippen LogP contribution is -2.15. The zero-order valence-electron chi connectivity index (χ0n) is 10.4. The van der Waals surface area contributed by atoms with Crippen molar-refractivity contribution in [3.63, 3.8) is 0 Å². The summed E-state index contributed by atoms with van der Waals surface area (Å²) in [5.74, 6) is 0. The Morgan fingerprint density at radius 1 is 1.39 bits per heavy atom. The van der Waals surface area contributed by atoms with Crippen molar-refractivity contribution < 1.29 is 0 Å². The Kier molecular flexibility index (Phi) is 3.10. The summed E-state index contributed by atoms with van der Waals surface area (Å²) in [4.78, 5) is 0. The molecule has 3 nitrogen and oxygen atoms in total. The van der Waals surface area contributed by atoms with Gasteiger partial charge in [0.15, 0.2) is 0 Å². The molecule has 0 aliphatic heterocycles. The van der Waals surface area contributed by atoms with Crippen LogP contribution in [0.2, 0.25) is 5.02 Å². The van der Waals surface area contributed by atoms with E-state index < -0.39 is 0 Å². The maximum atomic E-state index is 6.32. The minimum atomic E-state index is 0.705. The Morgan fingerprint density at radius 3 is 2.83 bits per heavy atom. The molecule has 0 atom stereocenters. The van der Waals surface area contributed by atoms with E-state index in [1.54, 1.807) is 4.68 Å². The first-order valence-corrected chi connectivity index (χ1v) is 6.62. The van der Waals surface area contributed by atoms with E-state index in [0.29, 0.717) is 6.04 Å². The molecule has 18 heavy (non-hydrogen) atoms. The van der Waals surface area contributed by atoms with Gasteiger partial charge in [0, 0.05) is 36.4 Å². The molecule has 4 heteroatoms. The van der Waals surface area contributed by atoms with Crippen molar-refractivity contribution in [3.05, 3.63) is 41.0 Å². The van der Waals surface area contributed by atoms with Gasteiger partial charge in [-0.05, 0) is 30.5 Å². The van der Waals surface area contributed by atoms with E-state index in [-0.39, 0.29) is 0 Å². The molecule has 1 aliphatic rings. The molecule has 1 fully saturated rings. The number of rotatable bonds is 4. The lowest BCUT2D eigenvalue weighted by atomic mass is 10.1. The van der Waals surface area contributed by atoms with Crippen LogP contribution in [0.15, 0.2) is 30.5 Å². The summed E-state index contributed by atoms with van der Waals surface area (Å²) in [6.07, 6.45) is 4.53. The Bertz CT molecular complexity index is 558. The number of nitrogens with one attached hydrogen (secondary N) is 1. The highest BCUT2D eigenvalue weighted by Gasteiger charge is 2.20. The third kappa shape index (κ3) is 2.57. The van der Waals surface area contributed by atoms with Gasteiger partial charge in [0.2, 0.25) is 0 Å². The number of hydrogen-bond donors (Lipinski definition) is 1. The van der Waals surface area contributed by atoms with Crippen LogP contribution in [0.4, 0.5) is 0 Å². The van der Waals surface area contributed by atoms with Gasteiger partial charge in [0.1, 0.15) is 0 Å². The van der Waals surface area contributed by atoms with Crippen molar-refractivity contribution in [2.24, 2.45) is 7.05 Å². The number of halogens is 1. The van der Waals surface area contributed by atoms with Crippen LogP contribution < -0.4 is 5.32 Å². The molecule has 0 unspecified atom stereocenters. The first kappa shape index (κ1) is 11.8. The standard InChI is InChI=1S/C14H16ClN3/c1-18-7-6-14(17-18)10-2-3-11(13(15)8-10)9-16-12-4-5-12/h2-3,6-8,12,16H,4-5,9H2,1H3. The summed E-state index contributed by atoms with van der Waals surface area (Å²) >= 11 is 6.32. The van der Waals surface area contributed by atoms with E-state index in [2.05, 4.69) is 22.5 Å². The van der Waals surface area contributed by atoms with E-state index in [1.165, 1.54) is 12.8 Å². The summed E-state index contributed by atoms with van der Waals surface area (Å²) in [7, 11) is 1.92. The van der Waals surface area contributed by atoms with Gasteiger partial charge in [-0.3, -0.25) is 4.68 Å². The third-order valence-electron chi connectivity index (χ3n) is 3.22. The van der Waals surface area contributed by atoms with Crippen molar-refractivity contribution in [2.75, 3.05) is 0 Å². The average molecular weight is 262 g/mol. The van der Waals surface area contributed by atoms with Crippen LogP contribution in [0, 0.1) is 0 Å². The largest absolute Gasteiger partial charge is 0.310 e. The number of nitrogens with zero attached hydrogens (tertiary/aromatic N) is 2. The zero-order chi connectivity index (χ0) is 12.5. The SMILES string of the molecule is Cn1ccc(-c2ccc(CNC3CC3)c(Cl)c2)n1. The lowest BCUT2D eigenvalue weighted by Gasteiger charge is -2.07. The zero-order valence-corrected chi connectivity index (χ0v) is 11.1. The van der Waals surface area contributed by atoms with E-state index in [4.69, 9.17) is 11.6 Å². The molecular weight excluding hydrogens is 246 g/mol. The summed E-state index contributed by atoms with van der Waals surface area (Å²) in [6, 6.07) is 8.86. The smallest absolute Gasteiger partial charge is 0.0923 e. The summed E-state index contributed by atoms with van der Waals surface area (Å²) in [5, 5.41) is 8.66. The van der Waals surface area contributed by atoms with Gasteiger partial charge in [-0.2, -0.15) is 5.10 Å². The second-order valence-electron chi connectivity index (χ2n) is 4.84. The quantitative estimate of drug-likeness (QED) is 0.917. The second-order valence-corrected chi connectivity index (χ2v) is 5.24. The molecule has 1 heterocycles. The van der Waals surface area contributed by atoms with E-state index in [0.717, 1.165) is 28.4 Å². The fourth-order valence-corrected chi connectivity index (χ4v) is 2.21. The summed E-state index contributed by atoms with van der Waals surface area (Å²) in [5.41, 5.74) is 3.18. The molecule has 1 aromatic heterocycles. The van der Waals surface area contributed by atoms with Crippen LogP contribution in [0.25, 0.3) is 11.3 Å². The molecule has 1 N–H and O–H groups in total. The van der Waals surface area contributed by atoms with Gasteiger partial charge in [0.05, 0.1) is 5.69 Å². The molecule has 0 radical (unpaired) electrons. The molecule has 1 saturated carbocycles. The van der Waals surface area contributed by atoms with Gasteiger partial charge in [-0.25, -0.2) is 0 Å². The molecule has 0 saturated heterocycles. The molecule has 0 spiro atoms. The number of benzene rings is 1. The first-order chi connectivity index (χ1) is 8.72. The highest BCUT2D eigenvalue weighted by Crippen LogP contribution is 2.26. The maximum absolute atomic E-state index is 6.32. The van der Waals surface area contributed by atoms with Crippen molar-refractivity contribution in [3.8, 4) is 11.3 Å². The first-order valence-electron chi connectivity index (χ1n) is 6.24. The Morgan fingerprint density at radius 2 is 2.22 bits per heavy atom. The Hall–Kier alpha value is -1.32. The van der Waals surface area contributed by atoms with Gasteiger partial charge in [-0.15, -0.1) is 0 Å². The van der Waals surface area contributed by atoms with Crippen LogP contribution in [-0.2, 0) is 13.6 Å². The average Bonchev–Trinajstić information content (AvgIpc) is 3.08. The van der Waals surface area contributed by atoms with Crippen LogP contribution >= 0.6 is 11.6 Å². The predicted octanol–water partition coefficient (Wildman–Crippen LogP) is 2.99. The molecule has 0 amide bonds. The van der Waals surface area contributed by atoms with Crippen LogP contribution in [0.1, 0.15) is 18.4 Å². The van der Waals surface area contributed by atoms with E-state index in [9.17, 15) is 0 Å². The number of aromatic nitrogens is 2. The Labute approximate surface area is 112 Å². The minimum Gasteiger partial charge on any atom is -0.310 e. The summed E-state index contributed by atoms with van der Waals surface area (Å²) < 4.78 is 1.80. The Balaban J connectivity index is 1.79. The predicted molar refractivity (Wildman–Crippen MR) is 73.5 cm³/mol. The van der Waals surface area contributed by atoms with E-state index in [1.807, 2.05) is 25.4 Å². The fraction of sp³-hybridized carbons (Fsp3) is 0.357. The summed E-state index contributed by atoms with van der Waals surface area (Å²) in [6.45, 7) is 0.853. The molecule has 2 aromatic rings. The molecule has 94 valence electrons. The van der Waals surface area contributed by atoms with Crippen molar-refractivity contribution in [1.29, 1.82) is 0 Å². The molecule has 0 bridgehead atoms. The van der Waals surface area contributed by atoms with Gasteiger partial charge < -0.3 is 5.32 Å². The number of hydrogen-bond acceptors (Lipinski definition) is 2. The maximum Gasteiger partial charge on any atom is 0.0923 e. The minimum absolute atomic E-state index is 0.705. The molecule has 1 aromatic carbocycles. The van der Waals surface area contributed by atoms with Crippen LogP contribution in [0.5, 0.6) is 0 Å². The van der Waals surface area contributed by atoms with Crippen molar-refractivity contribution in [2.45, 2.75) is 25.4 Å². The lowest BCUT2D eigenvalue weighted by molar-refractivity contribution is 0.688. The van der Waals surface area contributed by atoms with Gasteiger partial charge in [0.25, 0.3) is 0 Å². The second kappa shape index (κ2) is 4.75. The third-order valence-corrected chi connectivity index (χ3v) is 3.57. The normalized spacial score (nSPS) is 15.0. The van der Waals surface area contributed by atoms with Crippen molar-refractivity contribution in [1.82, 2.24) is 15.1 Å². The van der Waals surface area contributed by atoms with Gasteiger partial charge in [-0.1, -0.05) is 23.7 Å². The highest BCUT2D eigenvalue weighted by atomic mass is 35.5. The van der Waals surface area contributed by atoms with E-state index >= 15 is 0 Å². The molecular formula is C14H16ClN3. The monoisotopic (exact) mass is 261 g/mol. The highest BCUT2D eigenvalue weighted by molar-refractivity contribution is 6.31. The van der Waals surface area contributed by atoms with Crippen LogP contribution in [-0.4, -0.2) is 15.8 Å². The van der Waals surface area contributed by atoms with Gasteiger partial charge >= 0.3 is 0 Å². The topological polar surface area (TPSA) is 29.9 Å².